The first-order chi connectivity index (χ1) is 15.5. The number of carbonyl (C=O) groups is 3. The van der Waals surface area contributed by atoms with Gasteiger partial charge in [-0.25, -0.2) is 9.69 Å². The number of urea groups is 1. The molecule has 2 heterocycles. The molecule has 2 aliphatic heterocycles. The number of nitrogens with zero attached hydrogens (tertiary/aromatic N) is 2. The molecule has 168 valence electrons. The second-order valence-corrected chi connectivity index (χ2v) is 8.35. The molecule has 0 radical (unpaired) electrons. The van der Waals surface area contributed by atoms with Crippen molar-refractivity contribution in [3.63, 3.8) is 0 Å². The summed E-state index contributed by atoms with van der Waals surface area (Å²) in [6.07, 6.45) is 1.83. The Labute approximate surface area is 188 Å². The van der Waals surface area contributed by atoms with E-state index in [2.05, 4.69) is 12.2 Å². The number of methoxy groups -OCH3 is 1. The van der Waals surface area contributed by atoms with Gasteiger partial charge < -0.3 is 15.0 Å². The van der Waals surface area contributed by atoms with E-state index >= 15 is 0 Å². The van der Waals surface area contributed by atoms with Crippen molar-refractivity contribution in [3.05, 3.63) is 60.2 Å². The fourth-order valence-corrected chi connectivity index (χ4v) is 4.93. The van der Waals surface area contributed by atoms with Crippen LogP contribution < -0.4 is 15.0 Å². The number of hydrogen-bond acceptors (Lipinski definition) is 4. The average Bonchev–Trinajstić information content (AvgIpc) is 3.26. The number of carbonyl (C=O) groups excluding carboxylic acids is 3. The molecule has 0 aromatic heterocycles. The fourth-order valence-electron chi connectivity index (χ4n) is 4.93. The Balaban J connectivity index is 1.73. The number of imide groups is 1. The predicted molar refractivity (Wildman–Crippen MR) is 121 cm³/mol. The second-order valence-electron chi connectivity index (χ2n) is 8.35. The molecule has 4 rings (SSSR count). The van der Waals surface area contributed by atoms with Crippen LogP contribution in [0.25, 0.3) is 0 Å². The Morgan fingerprint density at radius 1 is 1.00 bits per heavy atom. The van der Waals surface area contributed by atoms with Crippen molar-refractivity contribution < 1.29 is 19.1 Å². The van der Waals surface area contributed by atoms with Crippen LogP contribution in [0.4, 0.5) is 10.5 Å². The third-order valence-electron chi connectivity index (χ3n) is 6.51. The molecular formula is C25H29N3O4. The third-order valence-corrected chi connectivity index (χ3v) is 6.51. The average molecular weight is 436 g/mol. The maximum atomic E-state index is 13.6. The van der Waals surface area contributed by atoms with Crippen LogP contribution in [0.1, 0.15) is 38.3 Å². The summed E-state index contributed by atoms with van der Waals surface area (Å²) in [4.78, 5) is 43.2. The summed E-state index contributed by atoms with van der Waals surface area (Å²) in [5, 5.41) is 2.97. The molecule has 2 aliphatic rings. The molecule has 0 saturated carbocycles. The summed E-state index contributed by atoms with van der Waals surface area (Å²) < 4.78 is 5.27. The quantitative estimate of drug-likeness (QED) is 0.554. The monoisotopic (exact) mass is 435 g/mol. The van der Waals surface area contributed by atoms with Crippen molar-refractivity contribution in [2.45, 2.75) is 38.8 Å². The Kier molecular flexibility index (Phi) is 6.17. The number of hydrogen-bond donors (Lipinski definition) is 1. The van der Waals surface area contributed by atoms with Gasteiger partial charge in [0.2, 0.25) is 11.8 Å². The van der Waals surface area contributed by atoms with Crippen molar-refractivity contribution in [2.75, 3.05) is 18.6 Å². The van der Waals surface area contributed by atoms with E-state index in [0.29, 0.717) is 18.0 Å². The zero-order chi connectivity index (χ0) is 22.8. The number of nitrogens with one attached hydrogen (secondary N) is 1. The molecule has 2 fully saturated rings. The number of ether oxygens (including phenoxy) is 1. The first kappa shape index (κ1) is 21.9. The van der Waals surface area contributed by atoms with Gasteiger partial charge in [-0.15, -0.1) is 0 Å². The van der Waals surface area contributed by atoms with Crippen LogP contribution >= 0.6 is 0 Å². The lowest BCUT2D eigenvalue weighted by molar-refractivity contribution is -0.123. The molecule has 4 unspecified atom stereocenters. The van der Waals surface area contributed by atoms with Gasteiger partial charge in [0, 0.05) is 12.6 Å². The number of rotatable bonds is 6. The Hall–Kier alpha value is -3.35. The zero-order valence-corrected chi connectivity index (χ0v) is 18.7. The Morgan fingerprint density at radius 2 is 1.66 bits per heavy atom. The number of para-hydroxylation sites is 1. The summed E-state index contributed by atoms with van der Waals surface area (Å²) in [6, 6.07) is 15.2. The fraction of sp³-hybridized carbons (Fsp3) is 0.400. The van der Waals surface area contributed by atoms with E-state index in [0.717, 1.165) is 18.4 Å². The molecule has 4 atom stereocenters. The van der Waals surface area contributed by atoms with E-state index in [4.69, 9.17) is 4.74 Å². The van der Waals surface area contributed by atoms with Crippen molar-refractivity contribution in [1.82, 2.24) is 10.2 Å². The summed E-state index contributed by atoms with van der Waals surface area (Å²) in [6.45, 7) is 4.48. The van der Waals surface area contributed by atoms with Gasteiger partial charge in [-0.1, -0.05) is 43.7 Å². The summed E-state index contributed by atoms with van der Waals surface area (Å²) >= 11 is 0. The van der Waals surface area contributed by atoms with E-state index in [1.54, 1.807) is 24.1 Å². The van der Waals surface area contributed by atoms with Crippen molar-refractivity contribution in [1.29, 1.82) is 0 Å². The molecule has 7 nitrogen and oxygen atoms in total. The smallest absolute Gasteiger partial charge is 0.318 e. The van der Waals surface area contributed by atoms with Gasteiger partial charge in [-0.05, 0) is 43.2 Å². The van der Waals surface area contributed by atoms with Crippen LogP contribution in [-0.2, 0) is 9.59 Å². The van der Waals surface area contributed by atoms with Gasteiger partial charge in [-0.2, -0.15) is 0 Å². The molecule has 2 aromatic rings. The van der Waals surface area contributed by atoms with Gasteiger partial charge in [-0.3, -0.25) is 9.59 Å². The SMILES string of the molecule is CCCCNC(=O)N1C(C)C2C(=O)N(c3ccccc3)C(=O)C2C1c1ccc(OC)cc1. The van der Waals surface area contributed by atoms with Crippen LogP contribution in [0.2, 0.25) is 0 Å². The number of amides is 4. The minimum absolute atomic E-state index is 0.243. The maximum Gasteiger partial charge on any atom is 0.318 e. The van der Waals surface area contributed by atoms with Crippen LogP contribution in [-0.4, -0.2) is 42.4 Å². The summed E-state index contributed by atoms with van der Waals surface area (Å²) in [7, 11) is 1.59. The van der Waals surface area contributed by atoms with Gasteiger partial charge >= 0.3 is 6.03 Å². The minimum atomic E-state index is -0.636. The number of benzene rings is 2. The van der Waals surface area contributed by atoms with Crippen molar-refractivity contribution in [3.8, 4) is 5.75 Å². The molecule has 0 spiro atoms. The van der Waals surface area contributed by atoms with Crippen molar-refractivity contribution >= 4 is 23.5 Å². The molecule has 1 N–H and O–H groups in total. The molecule has 4 amide bonds. The third kappa shape index (κ3) is 3.61. The highest BCUT2D eigenvalue weighted by Gasteiger charge is 2.62. The summed E-state index contributed by atoms with van der Waals surface area (Å²) in [5.41, 5.74) is 1.38. The predicted octanol–water partition coefficient (Wildman–Crippen LogP) is 3.76. The van der Waals surface area contributed by atoms with E-state index in [-0.39, 0.29) is 17.8 Å². The lowest BCUT2D eigenvalue weighted by Crippen LogP contribution is -2.47. The first-order valence-electron chi connectivity index (χ1n) is 11.1. The van der Waals surface area contributed by atoms with Gasteiger partial charge in [0.15, 0.2) is 0 Å². The molecule has 32 heavy (non-hydrogen) atoms. The lowest BCUT2D eigenvalue weighted by Gasteiger charge is -2.32. The van der Waals surface area contributed by atoms with Crippen LogP contribution in [0.5, 0.6) is 5.75 Å². The van der Waals surface area contributed by atoms with Crippen LogP contribution in [0, 0.1) is 11.8 Å². The molecule has 0 bridgehead atoms. The standard InChI is InChI=1S/C25H29N3O4/c1-4-5-15-26-25(31)27-16(2)20-21(22(27)17-11-13-19(32-3)14-12-17)24(30)28(23(20)29)18-9-7-6-8-10-18/h6-14,16,20-22H,4-5,15H2,1-3H3,(H,26,31). The highest BCUT2D eigenvalue weighted by molar-refractivity contribution is 6.23. The molecule has 0 aliphatic carbocycles. The van der Waals surface area contributed by atoms with Crippen LogP contribution in [0.15, 0.2) is 54.6 Å². The van der Waals surface area contributed by atoms with Gasteiger partial charge in [0.25, 0.3) is 0 Å². The van der Waals surface area contributed by atoms with E-state index in [1.165, 1.54) is 4.90 Å². The van der Waals surface area contributed by atoms with Gasteiger partial charge in [0.1, 0.15) is 5.75 Å². The number of unbranched alkanes of at least 4 members (excludes halogenated alkanes) is 1. The van der Waals surface area contributed by atoms with E-state index in [9.17, 15) is 14.4 Å². The first-order valence-corrected chi connectivity index (χ1v) is 11.1. The zero-order valence-electron chi connectivity index (χ0n) is 18.7. The molecule has 2 saturated heterocycles. The minimum Gasteiger partial charge on any atom is -0.497 e. The number of anilines is 1. The highest BCUT2D eigenvalue weighted by Crippen LogP contribution is 2.50. The molecule has 7 heteroatoms. The van der Waals surface area contributed by atoms with Crippen molar-refractivity contribution in [2.24, 2.45) is 11.8 Å². The lowest BCUT2D eigenvalue weighted by atomic mass is 9.87. The maximum absolute atomic E-state index is 13.6. The number of likely N-dealkylation sites (tertiary alicyclic amines) is 1. The van der Waals surface area contributed by atoms with Gasteiger partial charge in [0.05, 0.1) is 30.7 Å². The van der Waals surface area contributed by atoms with E-state index in [1.807, 2.05) is 49.4 Å². The normalized spacial score (nSPS) is 24.6. The van der Waals surface area contributed by atoms with Crippen LogP contribution in [0.3, 0.4) is 0 Å². The van der Waals surface area contributed by atoms with E-state index < -0.39 is 23.9 Å². The topological polar surface area (TPSA) is 79.0 Å². The summed E-state index contributed by atoms with van der Waals surface area (Å²) in [5.74, 6) is -1.05. The Morgan fingerprint density at radius 3 is 2.28 bits per heavy atom. The largest absolute Gasteiger partial charge is 0.497 e. The molecular weight excluding hydrogens is 406 g/mol. The second kappa shape index (κ2) is 9.02. The Bertz CT molecular complexity index is 992. The number of fused-ring (bicyclic) bond motifs is 1. The highest BCUT2D eigenvalue weighted by atomic mass is 16.5. The molecule has 2 aromatic carbocycles.